The molecular formula is C15H28N2O4. The Balaban J connectivity index is 2.29. The van der Waals surface area contributed by atoms with E-state index in [1.54, 1.807) is 4.90 Å². The van der Waals surface area contributed by atoms with Crippen molar-refractivity contribution >= 4 is 12.0 Å². The zero-order valence-corrected chi connectivity index (χ0v) is 12.9. The molecule has 1 aliphatic carbocycles. The van der Waals surface area contributed by atoms with E-state index in [1.165, 1.54) is 0 Å². The molecule has 0 bridgehead atoms. The van der Waals surface area contributed by atoms with Crippen LogP contribution in [0.15, 0.2) is 0 Å². The number of hydrogen-bond acceptors (Lipinski definition) is 3. The molecule has 6 nitrogen and oxygen atoms in total. The number of carboxylic acid groups (broad SMARTS) is 1. The fourth-order valence-electron chi connectivity index (χ4n) is 2.74. The largest absolute Gasteiger partial charge is 0.481 e. The summed E-state index contributed by atoms with van der Waals surface area (Å²) < 4.78 is 0. The number of hydrogen-bond donors (Lipinski definition) is 3. The van der Waals surface area contributed by atoms with Gasteiger partial charge in [-0.05, 0) is 38.0 Å². The molecule has 1 fully saturated rings. The zero-order chi connectivity index (χ0) is 15.7. The topological polar surface area (TPSA) is 89.9 Å². The van der Waals surface area contributed by atoms with Crippen molar-refractivity contribution < 1.29 is 19.8 Å². The molecule has 2 amide bonds. The molecule has 0 aromatic heterocycles. The molecule has 0 radical (unpaired) electrons. The number of nitrogens with zero attached hydrogens (tertiary/aromatic N) is 1. The highest BCUT2D eigenvalue weighted by atomic mass is 16.4. The first kappa shape index (κ1) is 17.8. The third-order valence-corrected chi connectivity index (χ3v) is 4.18. The number of aliphatic hydroxyl groups excluding tert-OH is 1. The van der Waals surface area contributed by atoms with Crippen molar-refractivity contribution in [1.29, 1.82) is 0 Å². The smallest absolute Gasteiger partial charge is 0.317 e. The minimum Gasteiger partial charge on any atom is -0.481 e. The van der Waals surface area contributed by atoms with E-state index in [0.717, 1.165) is 25.7 Å². The number of rotatable bonds is 8. The van der Waals surface area contributed by atoms with E-state index in [0.29, 0.717) is 38.4 Å². The average molecular weight is 300 g/mol. The fraction of sp³-hybridized carbons (Fsp3) is 0.867. The number of carbonyl (C=O) groups excluding carboxylic acids is 1. The highest BCUT2D eigenvalue weighted by Crippen LogP contribution is 2.28. The van der Waals surface area contributed by atoms with Gasteiger partial charge in [0.1, 0.15) is 0 Å². The van der Waals surface area contributed by atoms with Gasteiger partial charge in [0.15, 0.2) is 0 Å². The maximum atomic E-state index is 12.1. The predicted octanol–water partition coefficient (Wildman–Crippen LogP) is 1.68. The van der Waals surface area contributed by atoms with Crippen LogP contribution in [0.5, 0.6) is 0 Å². The molecule has 0 saturated heterocycles. The van der Waals surface area contributed by atoms with Crippen molar-refractivity contribution in [2.45, 2.75) is 45.4 Å². The number of aliphatic carboxylic acids is 1. The molecule has 0 aromatic rings. The molecule has 6 heteroatoms. The molecule has 0 heterocycles. The Hall–Kier alpha value is -1.30. The van der Waals surface area contributed by atoms with Crippen LogP contribution in [-0.4, -0.2) is 53.4 Å². The van der Waals surface area contributed by atoms with Crippen LogP contribution in [0.2, 0.25) is 0 Å². The van der Waals surface area contributed by atoms with Gasteiger partial charge >= 0.3 is 12.0 Å². The van der Waals surface area contributed by atoms with Crippen molar-refractivity contribution in [1.82, 2.24) is 10.2 Å². The van der Waals surface area contributed by atoms with Crippen molar-refractivity contribution in [2.24, 2.45) is 11.8 Å². The van der Waals surface area contributed by atoms with E-state index >= 15 is 0 Å². The van der Waals surface area contributed by atoms with Gasteiger partial charge in [-0.15, -0.1) is 0 Å². The second-order valence-corrected chi connectivity index (χ2v) is 5.81. The lowest BCUT2D eigenvalue weighted by Crippen LogP contribution is -2.44. The number of aliphatic hydroxyl groups is 1. The third-order valence-electron chi connectivity index (χ3n) is 4.18. The van der Waals surface area contributed by atoms with Gasteiger partial charge < -0.3 is 20.4 Å². The molecule has 1 saturated carbocycles. The van der Waals surface area contributed by atoms with Gasteiger partial charge in [-0.1, -0.05) is 13.3 Å². The highest BCUT2D eigenvalue weighted by Gasteiger charge is 2.26. The normalized spacial score (nSPS) is 21.8. The van der Waals surface area contributed by atoms with E-state index in [-0.39, 0.29) is 18.6 Å². The first-order chi connectivity index (χ1) is 10.1. The standard InChI is InChI=1S/C15H28N2O4/c1-2-3-8-17(9-10-18)15(21)16-11-12-4-6-13(7-5-12)14(19)20/h12-13,18H,2-11H2,1H3,(H,16,21)(H,19,20). The molecular weight excluding hydrogens is 272 g/mol. The average Bonchev–Trinajstić information content (AvgIpc) is 2.49. The summed E-state index contributed by atoms with van der Waals surface area (Å²) in [5.74, 6) is -0.551. The van der Waals surface area contributed by atoms with E-state index < -0.39 is 5.97 Å². The van der Waals surface area contributed by atoms with Crippen LogP contribution < -0.4 is 5.32 Å². The van der Waals surface area contributed by atoms with Crippen LogP contribution in [0.4, 0.5) is 4.79 Å². The minimum atomic E-state index is -0.703. The quantitative estimate of drug-likeness (QED) is 0.636. The first-order valence-electron chi connectivity index (χ1n) is 7.94. The Labute approximate surface area is 126 Å². The van der Waals surface area contributed by atoms with Gasteiger partial charge in [0.2, 0.25) is 0 Å². The van der Waals surface area contributed by atoms with Crippen molar-refractivity contribution in [3.63, 3.8) is 0 Å². The Morgan fingerprint density at radius 1 is 1.19 bits per heavy atom. The number of amides is 2. The molecule has 21 heavy (non-hydrogen) atoms. The molecule has 3 N–H and O–H groups in total. The Kier molecular flexibility index (Phi) is 8.12. The van der Waals surface area contributed by atoms with E-state index in [1.807, 2.05) is 0 Å². The molecule has 0 spiro atoms. The maximum absolute atomic E-state index is 12.1. The van der Waals surface area contributed by atoms with Crippen LogP contribution in [0.1, 0.15) is 45.4 Å². The summed E-state index contributed by atoms with van der Waals surface area (Å²) in [6, 6.07) is -0.127. The lowest BCUT2D eigenvalue weighted by atomic mass is 9.82. The lowest BCUT2D eigenvalue weighted by Gasteiger charge is -2.28. The lowest BCUT2D eigenvalue weighted by molar-refractivity contribution is -0.143. The summed E-state index contributed by atoms with van der Waals surface area (Å²) in [5.41, 5.74) is 0. The van der Waals surface area contributed by atoms with Crippen molar-refractivity contribution in [2.75, 3.05) is 26.2 Å². The van der Waals surface area contributed by atoms with Crippen LogP contribution >= 0.6 is 0 Å². The summed E-state index contributed by atoms with van der Waals surface area (Å²) >= 11 is 0. The van der Waals surface area contributed by atoms with Crippen molar-refractivity contribution in [3.8, 4) is 0 Å². The molecule has 0 unspecified atom stereocenters. The fourth-order valence-corrected chi connectivity index (χ4v) is 2.74. The van der Waals surface area contributed by atoms with Crippen LogP contribution in [-0.2, 0) is 4.79 Å². The van der Waals surface area contributed by atoms with Gasteiger partial charge in [0.25, 0.3) is 0 Å². The summed E-state index contributed by atoms with van der Waals surface area (Å²) in [6.07, 6.45) is 5.04. The number of nitrogens with one attached hydrogen (secondary N) is 1. The van der Waals surface area contributed by atoms with Gasteiger partial charge in [0, 0.05) is 19.6 Å². The molecule has 0 aliphatic heterocycles. The first-order valence-corrected chi connectivity index (χ1v) is 7.94. The van der Waals surface area contributed by atoms with E-state index in [9.17, 15) is 9.59 Å². The second kappa shape index (κ2) is 9.60. The molecule has 1 rings (SSSR count). The summed E-state index contributed by atoms with van der Waals surface area (Å²) in [6.45, 7) is 3.66. The minimum absolute atomic E-state index is 0.0269. The van der Waals surface area contributed by atoms with E-state index in [4.69, 9.17) is 10.2 Å². The van der Waals surface area contributed by atoms with Crippen LogP contribution in [0.25, 0.3) is 0 Å². The van der Waals surface area contributed by atoms with Gasteiger partial charge in [0.05, 0.1) is 12.5 Å². The molecule has 122 valence electrons. The number of carboxylic acids is 1. The third kappa shape index (κ3) is 6.33. The Morgan fingerprint density at radius 3 is 2.38 bits per heavy atom. The molecule has 1 aliphatic rings. The monoisotopic (exact) mass is 300 g/mol. The maximum Gasteiger partial charge on any atom is 0.317 e. The number of carbonyl (C=O) groups is 2. The Morgan fingerprint density at radius 2 is 1.86 bits per heavy atom. The van der Waals surface area contributed by atoms with Gasteiger partial charge in [-0.2, -0.15) is 0 Å². The SMILES string of the molecule is CCCCN(CCO)C(=O)NCC1CCC(C(=O)O)CC1. The molecule has 0 aromatic carbocycles. The van der Waals surface area contributed by atoms with Gasteiger partial charge in [-0.25, -0.2) is 4.79 Å². The second-order valence-electron chi connectivity index (χ2n) is 5.81. The summed E-state index contributed by atoms with van der Waals surface area (Å²) in [5, 5.41) is 20.9. The number of urea groups is 1. The number of unbranched alkanes of at least 4 members (excludes halogenated alkanes) is 1. The summed E-state index contributed by atoms with van der Waals surface area (Å²) in [4.78, 5) is 24.6. The van der Waals surface area contributed by atoms with Gasteiger partial charge in [-0.3, -0.25) is 4.79 Å². The summed E-state index contributed by atoms with van der Waals surface area (Å²) in [7, 11) is 0. The highest BCUT2D eigenvalue weighted by molar-refractivity contribution is 5.74. The zero-order valence-electron chi connectivity index (χ0n) is 12.9. The van der Waals surface area contributed by atoms with E-state index in [2.05, 4.69) is 12.2 Å². The van der Waals surface area contributed by atoms with Crippen LogP contribution in [0, 0.1) is 11.8 Å². The van der Waals surface area contributed by atoms with Crippen molar-refractivity contribution in [3.05, 3.63) is 0 Å². The molecule has 0 atom stereocenters. The van der Waals surface area contributed by atoms with Crippen LogP contribution in [0.3, 0.4) is 0 Å². The predicted molar refractivity (Wildman–Crippen MR) is 80.0 cm³/mol. The Bertz CT molecular complexity index is 328.